The summed E-state index contributed by atoms with van der Waals surface area (Å²) in [7, 11) is 0. The second-order valence-corrected chi connectivity index (χ2v) is 8.63. The van der Waals surface area contributed by atoms with Gasteiger partial charge in [0.25, 0.3) is 11.5 Å². The molecule has 3 aromatic heterocycles. The van der Waals surface area contributed by atoms with E-state index in [1.807, 2.05) is 26.0 Å². The molecule has 0 aliphatic carbocycles. The van der Waals surface area contributed by atoms with Gasteiger partial charge in [0.05, 0.1) is 6.26 Å². The third kappa shape index (κ3) is 4.29. The molecule has 4 aromatic rings. The Kier molecular flexibility index (Phi) is 5.20. The zero-order valence-electron chi connectivity index (χ0n) is 18.9. The molecular formula is C24H23N5O5. The predicted octanol–water partition coefficient (Wildman–Crippen LogP) is 3.26. The molecule has 0 spiro atoms. The smallest absolute Gasteiger partial charge is 0.263 e. The number of carbonyl (C=O) groups is 1. The highest BCUT2D eigenvalue weighted by Crippen LogP contribution is 2.41. The molecule has 1 amide bonds. The predicted molar refractivity (Wildman–Crippen MR) is 123 cm³/mol. The van der Waals surface area contributed by atoms with Crippen LogP contribution in [0.5, 0.6) is 11.5 Å². The number of carbonyl (C=O) groups excluding carboxylic acids is 1. The second-order valence-electron chi connectivity index (χ2n) is 8.63. The van der Waals surface area contributed by atoms with Crippen molar-refractivity contribution in [3.05, 3.63) is 70.3 Å². The second kappa shape index (κ2) is 8.22. The maximum Gasteiger partial charge on any atom is 0.263 e. The molecule has 5 rings (SSSR count). The van der Waals surface area contributed by atoms with Gasteiger partial charge < -0.3 is 19.2 Å². The molecule has 174 valence electrons. The number of para-hydroxylation sites is 1. The summed E-state index contributed by atoms with van der Waals surface area (Å²) < 4.78 is 18.5. The lowest BCUT2D eigenvalue weighted by Gasteiger charge is -2.18. The van der Waals surface area contributed by atoms with Crippen LogP contribution in [0, 0.1) is 6.92 Å². The standard InChI is InChI=1S/C24H23N5O5/c1-14-10-20(30)27-23(25-14)29-19(11-16(28-29)17-8-5-9-32-17)26-21(31)13-33-18-7-4-6-15-12-24(2,3)34-22(15)18/h4-11H,12-13H2,1-3H3,(H,26,31)(H,25,27,30). The van der Waals surface area contributed by atoms with Gasteiger partial charge in [0, 0.05) is 29.8 Å². The van der Waals surface area contributed by atoms with Gasteiger partial charge in [0.15, 0.2) is 23.9 Å². The van der Waals surface area contributed by atoms with Crippen LogP contribution < -0.4 is 20.3 Å². The van der Waals surface area contributed by atoms with Gasteiger partial charge in [-0.25, -0.2) is 4.98 Å². The number of aromatic nitrogens is 4. The Balaban J connectivity index is 1.39. The van der Waals surface area contributed by atoms with Gasteiger partial charge in [0.2, 0.25) is 5.95 Å². The summed E-state index contributed by atoms with van der Waals surface area (Å²) in [6.07, 6.45) is 2.29. The highest BCUT2D eigenvalue weighted by Gasteiger charge is 2.32. The van der Waals surface area contributed by atoms with E-state index in [-0.39, 0.29) is 23.7 Å². The van der Waals surface area contributed by atoms with Crippen LogP contribution in [0.3, 0.4) is 0 Å². The number of ether oxygens (including phenoxy) is 2. The Bertz CT molecular complexity index is 1420. The molecular weight excluding hydrogens is 438 g/mol. The number of anilines is 1. The fourth-order valence-corrected chi connectivity index (χ4v) is 3.86. The van der Waals surface area contributed by atoms with E-state index in [4.69, 9.17) is 13.9 Å². The van der Waals surface area contributed by atoms with E-state index >= 15 is 0 Å². The van der Waals surface area contributed by atoms with Crippen LogP contribution in [-0.2, 0) is 11.2 Å². The molecule has 0 fully saturated rings. The Morgan fingerprint density at radius 1 is 1.26 bits per heavy atom. The van der Waals surface area contributed by atoms with Gasteiger partial charge in [0.1, 0.15) is 17.1 Å². The minimum atomic E-state index is -0.419. The Morgan fingerprint density at radius 3 is 2.88 bits per heavy atom. The third-order valence-corrected chi connectivity index (χ3v) is 5.22. The summed E-state index contributed by atoms with van der Waals surface area (Å²) in [5.74, 6) is 1.71. The molecule has 2 N–H and O–H groups in total. The lowest BCUT2D eigenvalue weighted by molar-refractivity contribution is -0.118. The largest absolute Gasteiger partial charge is 0.483 e. The zero-order chi connectivity index (χ0) is 23.9. The van der Waals surface area contributed by atoms with E-state index in [2.05, 4.69) is 20.4 Å². The Labute approximate surface area is 194 Å². The van der Waals surface area contributed by atoms with Gasteiger partial charge in [-0.3, -0.25) is 14.6 Å². The van der Waals surface area contributed by atoms with Crippen molar-refractivity contribution in [1.29, 1.82) is 0 Å². The highest BCUT2D eigenvalue weighted by molar-refractivity contribution is 5.91. The fourth-order valence-electron chi connectivity index (χ4n) is 3.86. The van der Waals surface area contributed by atoms with Crippen molar-refractivity contribution >= 4 is 11.7 Å². The maximum atomic E-state index is 12.8. The first-order valence-corrected chi connectivity index (χ1v) is 10.7. The normalized spacial score (nSPS) is 13.9. The van der Waals surface area contributed by atoms with Gasteiger partial charge >= 0.3 is 0 Å². The summed E-state index contributed by atoms with van der Waals surface area (Å²) >= 11 is 0. The number of H-pyrrole nitrogens is 1. The summed E-state index contributed by atoms with van der Waals surface area (Å²) in [4.78, 5) is 31.7. The molecule has 34 heavy (non-hydrogen) atoms. The summed E-state index contributed by atoms with van der Waals surface area (Å²) in [6, 6.07) is 12.1. The van der Waals surface area contributed by atoms with Crippen molar-refractivity contribution in [1.82, 2.24) is 19.7 Å². The number of fused-ring (bicyclic) bond motifs is 1. The first-order valence-electron chi connectivity index (χ1n) is 10.7. The molecule has 0 saturated heterocycles. The highest BCUT2D eigenvalue weighted by atomic mass is 16.5. The van der Waals surface area contributed by atoms with E-state index < -0.39 is 5.91 Å². The molecule has 1 aliphatic rings. The molecule has 1 aromatic carbocycles. The van der Waals surface area contributed by atoms with Gasteiger partial charge in [-0.05, 0) is 39.0 Å². The molecule has 10 nitrogen and oxygen atoms in total. The molecule has 10 heteroatoms. The molecule has 0 radical (unpaired) electrons. The van der Waals surface area contributed by atoms with Crippen LogP contribution in [0.4, 0.5) is 5.82 Å². The van der Waals surface area contributed by atoms with E-state index in [0.29, 0.717) is 34.5 Å². The first kappa shape index (κ1) is 21.5. The summed E-state index contributed by atoms with van der Waals surface area (Å²) in [5, 5.41) is 7.23. The zero-order valence-corrected chi connectivity index (χ0v) is 18.9. The van der Waals surface area contributed by atoms with Crippen molar-refractivity contribution in [2.75, 3.05) is 11.9 Å². The minimum absolute atomic E-state index is 0.163. The fraction of sp³-hybridized carbons (Fsp3) is 0.250. The molecule has 0 unspecified atom stereocenters. The number of aryl methyl sites for hydroxylation is 1. The van der Waals surface area contributed by atoms with Gasteiger partial charge in [-0.15, -0.1) is 0 Å². The van der Waals surface area contributed by atoms with Crippen LogP contribution in [0.15, 0.2) is 57.9 Å². The number of hydrogen-bond acceptors (Lipinski definition) is 7. The lowest BCUT2D eigenvalue weighted by Crippen LogP contribution is -2.25. The lowest BCUT2D eigenvalue weighted by atomic mass is 10.0. The van der Waals surface area contributed by atoms with Crippen LogP contribution >= 0.6 is 0 Å². The van der Waals surface area contributed by atoms with E-state index in [1.54, 1.807) is 31.2 Å². The minimum Gasteiger partial charge on any atom is -0.483 e. The van der Waals surface area contributed by atoms with Crippen molar-refractivity contribution in [2.45, 2.75) is 32.8 Å². The number of nitrogens with one attached hydrogen (secondary N) is 2. The summed E-state index contributed by atoms with van der Waals surface area (Å²) in [6.45, 7) is 5.46. The van der Waals surface area contributed by atoms with Crippen molar-refractivity contribution in [2.24, 2.45) is 0 Å². The van der Waals surface area contributed by atoms with Crippen LogP contribution in [-0.4, -0.2) is 37.9 Å². The van der Waals surface area contributed by atoms with Crippen LogP contribution in [0.1, 0.15) is 25.1 Å². The number of aromatic amines is 1. The number of nitrogens with zero attached hydrogens (tertiary/aromatic N) is 3. The number of benzene rings is 1. The van der Waals surface area contributed by atoms with Crippen molar-refractivity contribution < 1.29 is 18.7 Å². The Morgan fingerprint density at radius 2 is 2.12 bits per heavy atom. The molecule has 0 atom stereocenters. The Hall–Kier alpha value is -4.34. The van der Waals surface area contributed by atoms with E-state index in [0.717, 1.165) is 12.0 Å². The maximum absolute atomic E-state index is 12.8. The quantitative estimate of drug-likeness (QED) is 0.452. The molecule has 0 bridgehead atoms. The molecule has 0 saturated carbocycles. The number of rotatable bonds is 6. The number of amides is 1. The SMILES string of the molecule is Cc1cc(=O)[nH]c(-n2nc(-c3ccco3)cc2NC(=O)COc2cccc3c2OC(C)(C)C3)n1. The van der Waals surface area contributed by atoms with E-state index in [9.17, 15) is 9.59 Å². The average molecular weight is 461 g/mol. The van der Waals surface area contributed by atoms with Crippen LogP contribution in [0.2, 0.25) is 0 Å². The van der Waals surface area contributed by atoms with Crippen LogP contribution in [0.25, 0.3) is 17.4 Å². The molecule has 1 aliphatic heterocycles. The van der Waals surface area contributed by atoms with Gasteiger partial charge in [-0.1, -0.05) is 12.1 Å². The first-order chi connectivity index (χ1) is 16.3. The monoisotopic (exact) mass is 461 g/mol. The van der Waals surface area contributed by atoms with Crippen molar-refractivity contribution in [3.63, 3.8) is 0 Å². The van der Waals surface area contributed by atoms with Gasteiger partial charge in [-0.2, -0.15) is 9.78 Å². The number of hydrogen-bond donors (Lipinski definition) is 2. The average Bonchev–Trinajstić information content (AvgIpc) is 3.49. The summed E-state index contributed by atoms with van der Waals surface area (Å²) in [5.41, 5.74) is 1.35. The van der Waals surface area contributed by atoms with Crippen molar-refractivity contribution in [3.8, 4) is 28.9 Å². The third-order valence-electron chi connectivity index (χ3n) is 5.22. The molecule has 4 heterocycles. The number of furan rings is 1. The van der Waals surface area contributed by atoms with E-state index in [1.165, 1.54) is 17.0 Å². The topological polar surface area (TPSA) is 124 Å².